The molecule has 3 heteroatoms. The van der Waals surface area contributed by atoms with E-state index in [-0.39, 0.29) is 18.3 Å². The first-order valence-electron chi connectivity index (χ1n) is 6.94. The number of hydrogen-bond acceptors (Lipinski definition) is 3. The topological polar surface area (TPSA) is 35.5 Å². The van der Waals surface area contributed by atoms with Crippen molar-refractivity contribution in [2.45, 2.75) is 51.4 Å². The molecule has 2 saturated carbocycles. The van der Waals surface area contributed by atoms with Crippen LogP contribution in [0.3, 0.4) is 0 Å². The largest absolute Gasteiger partial charge is 0.356 e. The third kappa shape index (κ3) is 1.75. The summed E-state index contributed by atoms with van der Waals surface area (Å²) in [6, 6.07) is 0. The molecule has 3 rings (SSSR count). The Morgan fingerprint density at radius 1 is 1.29 bits per heavy atom. The maximum absolute atomic E-state index is 12.6. The normalized spacial score (nSPS) is 49.9. The highest BCUT2D eigenvalue weighted by molar-refractivity contribution is 5.85. The van der Waals surface area contributed by atoms with Crippen molar-refractivity contribution in [2.75, 3.05) is 7.11 Å². The maximum Gasteiger partial charge on any atom is 0.161 e. The van der Waals surface area contributed by atoms with Crippen LogP contribution in [0.25, 0.3) is 0 Å². The van der Waals surface area contributed by atoms with Gasteiger partial charge in [0.1, 0.15) is 5.78 Å². The Morgan fingerprint density at radius 3 is 2.82 bits per heavy atom. The fourth-order valence-electron chi connectivity index (χ4n) is 4.31. The molecule has 2 aliphatic carbocycles. The van der Waals surface area contributed by atoms with Crippen LogP contribution >= 0.6 is 0 Å². The van der Waals surface area contributed by atoms with Crippen LogP contribution in [0, 0.1) is 23.7 Å². The van der Waals surface area contributed by atoms with Crippen LogP contribution in [0.15, 0.2) is 0 Å². The van der Waals surface area contributed by atoms with Crippen molar-refractivity contribution in [1.82, 2.24) is 0 Å². The molecule has 96 valence electrons. The summed E-state index contributed by atoms with van der Waals surface area (Å²) >= 11 is 0. The molecular formula is C14H22O3. The van der Waals surface area contributed by atoms with Crippen molar-refractivity contribution >= 4 is 5.78 Å². The summed E-state index contributed by atoms with van der Waals surface area (Å²) in [5, 5.41) is 0. The molecular weight excluding hydrogens is 216 g/mol. The quantitative estimate of drug-likeness (QED) is 0.703. The first-order valence-corrected chi connectivity index (χ1v) is 6.94. The second-order valence-corrected chi connectivity index (χ2v) is 5.92. The minimum absolute atomic E-state index is 0.0420. The summed E-state index contributed by atoms with van der Waals surface area (Å²) in [6.07, 6.45) is 5.88. The number of ketones is 1. The zero-order valence-electron chi connectivity index (χ0n) is 10.7. The molecule has 3 aliphatic rings. The Kier molecular flexibility index (Phi) is 2.99. The Balaban J connectivity index is 1.85. The summed E-state index contributed by atoms with van der Waals surface area (Å²) in [4.78, 5) is 12.6. The molecule has 6 unspecified atom stereocenters. The zero-order valence-corrected chi connectivity index (χ0v) is 10.7. The molecule has 1 saturated heterocycles. The number of Topliss-reactive ketones (excluding diaryl/α,β-unsaturated/α-hetero) is 1. The van der Waals surface area contributed by atoms with Gasteiger partial charge in [0.2, 0.25) is 0 Å². The minimum Gasteiger partial charge on any atom is -0.356 e. The molecule has 17 heavy (non-hydrogen) atoms. The first kappa shape index (κ1) is 11.7. The summed E-state index contributed by atoms with van der Waals surface area (Å²) < 4.78 is 11.2. The monoisotopic (exact) mass is 238 g/mol. The Bertz CT molecular complexity index is 315. The molecule has 1 aliphatic heterocycles. The van der Waals surface area contributed by atoms with Crippen molar-refractivity contribution in [1.29, 1.82) is 0 Å². The molecule has 0 spiro atoms. The number of carbonyl (C=O) groups is 1. The van der Waals surface area contributed by atoms with E-state index in [4.69, 9.17) is 9.47 Å². The SMILES string of the molecule is COC1OC(C)C2C(=O)C3CCCCC3CC12. The zero-order chi connectivity index (χ0) is 12.0. The van der Waals surface area contributed by atoms with Crippen LogP contribution in [0.5, 0.6) is 0 Å². The van der Waals surface area contributed by atoms with E-state index in [2.05, 4.69) is 0 Å². The number of carbonyl (C=O) groups excluding carboxylic acids is 1. The third-order valence-electron chi connectivity index (χ3n) is 5.08. The van der Waals surface area contributed by atoms with Crippen LogP contribution in [-0.4, -0.2) is 25.3 Å². The smallest absolute Gasteiger partial charge is 0.161 e. The number of methoxy groups -OCH3 is 1. The van der Waals surface area contributed by atoms with Crippen molar-refractivity contribution in [3.63, 3.8) is 0 Å². The van der Waals surface area contributed by atoms with Crippen molar-refractivity contribution < 1.29 is 14.3 Å². The van der Waals surface area contributed by atoms with Crippen LogP contribution in [0.4, 0.5) is 0 Å². The van der Waals surface area contributed by atoms with E-state index in [0.717, 1.165) is 12.8 Å². The molecule has 6 atom stereocenters. The van der Waals surface area contributed by atoms with E-state index in [9.17, 15) is 4.79 Å². The van der Waals surface area contributed by atoms with E-state index in [0.29, 0.717) is 23.5 Å². The lowest BCUT2D eigenvalue weighted by molar-refractivity contribution is -0.139. The Morgan fingerprint density at radius 2 is 2.06 bits per heavy atom. The average Bonchev–Trinajstić information content (AvgIpc) is 2.66. The van der Waals surface area contributed by atoms with Gasteiger partial charge in [-0.25, -0.2) is 0 Å². The lowest BCUT2D eigenvalue weighted by Crippen LogP contribution is -2.44. The second kappa shape index (κ2) is 4.36. The average molecular weight is 238 g/mol. The predicted molar refractivity (Wildman–Crippen MR) is 63.4 cm³/mol. The van der Waals surface area contributed by atoms with Crippen LogP contribution in [-0.2, 0) is 14.3 Å². The Hall–Kier alpha value is -0.410. The molecule has 0 aromatic rings. The molecule has 0 radical (unpaired) electrons. The van der Waals surface area contributed by atoms with E-state index >= 15 is 0 Å². The summed E-state index contributed by atoms with van der Waals surface area (Å²) in [5.41, 5.74) is 0. The Labute approximate surface area is 103 Å². The lowest BCUT2D eigenvalue weighted by atomic mass is 9.62. The molecule has 3 fully saturated rings. The van der Waals surface area contributed by atoms with Gasteiger partial charge in [0, 0.05) is 18.9 Å². The van der Waals surface area contributed by atoms with Crippen molar-refractivity contribution in [3.8, 4) is 0 Å². The highest BCUT2D eigenvalue weighted by atomic mass is 16.7. The molecule has 3 nitrogen and oxygen atoms in total. The summed E-state index contributed by atoms with van der Waals surface area (Å²) in [5.74, 6) is 1.80. The van der Waals surface area contributed by atoms with Gasteiger partial charge in [-0.2, -0.15) is 0 Å². The van der Waals surface area contributed by atoms with Crippen LogP contribution < -0.4 is 0 Å². The molecule has 0 aromatic carbocycles. The number of ether oxygens (including phenoxy) is 2. The lowest BCUT2D eigenvalue weighted by Gasteiger charge is -2.40. The summed E-state index contributed by atoms with van der Waals surface area (Å²) in [7, 11) is 1.69. The van der Waals surface area contributed by atoms with Gasteiger partial charge < -0.3 is 9.47 Å². The number of hydrogen-bond donors (Lipinski definition) is 0. The first-order chi connectivity index (χ1) is 8.22. The van der Waals surface area contributed by atoms with Crippen molar-refractivity contribution in [2.24, 2.45) is 23.7 Å². The van der Waals surface area contributed by atoms with Gasteiger partial charge in [-0.05, 0) is 32.1 Å². The highest BCUT2D eigenvalue weighted by Gasteiger charge is 2.53. The molecule has 0 bridgehead atoms. The van der Waals surface area contributed by atoms with Crippen LogP contribution in [0.2, 0.25) is 0 Å². The van der Waals surface area contributed by atoms with Gasteiger partial charge in [0.25, 0.3) is 0 Å². The molecule has 1 heterocycles. The van der Waals surface area contributed by atoms with E-state index < -0.39 is 0 Å². The van der Waals surface area contributed by atoms with Gasteiger partial charge in [0.15, 0.2) is 6.29 Å². The van der Waals surface area contributed by atoms with Gasteiger partial charge in [-0.15, -0.1) is 0 Å². The summed E-state index contributed by atoms with van der Waals surface area (Å²) in [6.45, 7) is 2.03. The van der Waals surface area contributed by atoms with E-state index in [1.807, 2.05) is 6.92 Å². The highest BCUT2D eigenvalue weighted by Crippen LogP contribution is 2.49. The van der Waals surface area contributed by atoms with Crippen molar-refractivity contribution in [3.05, 3.63) is 0 Å². The van der Waals surface area contributed by atoms with E-state index in [1.54, 1.807) is 7.11 Å². The number of fused-ring (bicyclic) bond motifs is 2. The van der Waals surface area contributed by atoms with Crippen LogP contribution in [0.1, 0.15) is 39.0 Å². The maximum atomic E-state index is 12.6. The standard InChI is InChI=1S/C14H22O3/c1-8-12-11(14(16-2)17-8)7-9-5-3-4-6-10(9)13(12)15/h8-12,14H,3-7H2,1-2H3. The number of rotatable bonds is 1. The van der Waals surface area contributed by atoms with Gasteiger partial charge in [-0.3, -0.25) is 4.79 Å². The van der Waals surface area contributed by atoms with Gasteiger partial charge in [-0.1, -0.05) is 12.8 Å². The predicted octanol–water partition coefficient (Wildman–Crippen LogP) is 2.39. The third-order valence-corrected chi connectivity index (χ3v) is 5.08. The van der Waals surface area contributed by atoms with E-state index in [1.165, 1.54) is 19.3 Å². The minimum atomic E-state index is -0.151. The van der Waals surface area contributed by atoms with Gasteiger partial charge in [0.05, 0.1) is 12.0 Å². The fourth-order valence-corrected chi connectivity index (χ4v) is 4.31. The molecule has 0 amide bonds. The second-order valence-electron chi connectivity index (χ2n) is 5.92. The molecule has 0 aromatic heterocycles. The van der Waals surface area contributed by atoms with Gasteiger partial charge >= 0.3 is 0 Å². The fraction of sp³-hybridized carbons (Fsp3) is 0.929. The molecule has 0 N–H and O–H groups in total.